The highest BCUT2D eigenvalue weighted by Gasteiger charge is 2.34. The number of nitrogens with one attached hydrogen (secondary N) is 1. The number of nitrogen functional groups attached to an aromatic ring is 1. The topological polar surface area (TPSA) is 87.3 Å². The minimum Gasteiger partial charge on any atom is -0.393 e. The van der Waals surface area contributed by atoms with Gasteiger partial charge in [0, 0.05) is 19.7 Å². The number of hydrazine groups is 1. The molecule has 0 bridgehead atoms. The van der Waals surface area contributed by atoms with Gasteiger partial charge in [0.15, 0.2) is 5.69 Å². The minimum atomic E-state index is -4.57. The number of aliphatic hydroxyl groups excluding tert-OH is 1. The van der Waals surface area contributed by atoms with E-state index >= 15 is 0 Å². The number of hydrogen-bond donors (Lipinski definition) is 3. The standard InChI is InChI=1S/C10H16F3N5O/c1-6(19)3-4-18(2)8-5-7(10(11,12)13)15-9(16-8)17-14/h5-6,19H,3-4,14H2,1-2H3,(H,15,16,17). The molecule has 6 nitrogen and oxygen atoms in total. The SMILES string of the molecule is CC(O)CCN(C)c1cc(C(F)(F)F)nc(NN)n1. The van der Waals surface area contributed by atoms with Crippen LogP contribution in [0.15, 0.2) is 6.07 Å². The summed E-state index contributed by atoms with van der Waals surface area (Å²) in [6.07, 6.45) is -4.71. The molecular weight excluding hydrogens is 263 g/mol. The Bertz CT molecular complexity index is 424. The van der Waals surface area contributed by atoms with Crippen molar-refractivity contribution in [1.82, 2.24) is 9.97 Å². The molecule has 0 aliphatic heterocycles. The summed E-state index contributed by atoms with van der Waals surface area (Å²) in [6, 6.07) is 0.836. The highest BCUT2D eigenvalue weighted by Crippen LogP contribution is 2.30. The Morgan fingerprint density at radius 1 is 1.47 bits per heavy atom. The summed E-state index contributed by atoms with van der Waals surface area (Å²) in [7, 11) is 1.57. The number of aromatic nitrogens is 2. The number of hydrogen-bond acceptors (Lipinski definition) is 6. The molecule has 1 rings (SSSR count). The molecule has 0 saturated carbocycles. The molecule has 108 valence electrons. The van der Waals surface area contributed by atoms with Gasteiger partial charge in [-0.3, -0.25) is 5.43 Å². The second-order valence-corrected chi connectivity index (χ2v) is 4.14. The number of aliphatic hydroxyl groups is 1. The van der Waals surface area contributed by atoms with Crippen LogP contribution in [0, 0.1) is 0 Å². The van der Waals surface area contributed by atoms with E-state index in [0.717, 1.165) is 6.07 Å². The molecule has 9 heteroatoms. The van der Waals surface area contributed by atoms with Gasteiger partial charge in [-0.2, -0.15) is 18.2 Å². The van der Waals surface area contributed by atoms with E-state index < -0.39 is 18.0 Å². The molecule has 0 fully saturated rings. The predicted octanol–water partition coefficient (Wildman–Crippen LogP) is 0.988. The van der Waals surface area contributed by atoms with Crippen LogP contribution >= 0.6 is 0 Å². The number of nitrogens with two attached hydrogens (primary N) is 1. The fourth-order valence-corrected chi connectivity index (χ4v) is 1.33. The lowest BCUT2D eigenvalue weighted by atomic mass is 10.2. The van der Waals surface area contributed by atoms with Crippen molar-refractivity contribution in [2.75, 3.05) is 23.9 Å². The van der Waals surface area contributed by atoms with Crippen LogP contribution in [-0.4, -0.2) is 34.8 Å². The maximum absolute atomic E-state index is 12.6. The Balaban J connectivity index is 2.99. The molecule has 0 aromatic carbocycles. The number of halogens is 3. The summed E-state index contributed by atoms with van der Waals surface area (Å²) >= 11 is 0. The summed E-state index contributed by atoms with van der Waals surface area (Å²) < 4.78 is 37.9. The summed E-state index contributed by atoms with van der Waals surface area (Å²) in [5, 5.41) is 9.16. The highest BCUT2D eigenvalue weighted by atomic mass is 19.4. The van der Waals surface area contributed by atoms with Gasteiger partial charge in [-0.05, 0) is 13.3 Å². The van der Waals surface area contributed by atoms with Crippen LogP contribution in [0.3, 0.4) is 0 Å². The summed E-state index contributed by atoms with van der Waals surface area (Å²) in [4.78, 5) is 8.58. The quantitative estimate of drug-likeness (QED) is 0.550. The maximum atomic E-state index is 12.6. The molecule has 1 aromatic heterocycles. The van der Waals surface area contributed by atoms with Gasteiger partial charge in [0.2, 0.25) is 5.95 Å². The smallest absolute Gasteiger partial charge is 0.393 e. The third kappa shape index (κ3) is 4.52. The van der Waals surface area contributed by atoms with E-state index in [0.29, 0.717) is 13.0 Å². The van der Waals surface area contributed by atoms with E-state index in [4.69, 9.17) is 10.9 Å². The van der Waals surface area contributed by atoms with E-state index in [2.05, 4.69) is 9.97 Å². The molecule has 19 heavy (non-hydrogen) atoms. The first-order chi connectivity index (χ1) is 8.74. The van der Waals surface area contributed by atoms with Gasteiger partial charge < -0.3 is 10.0 Å². The zero-order valence-electron chi connectivity index (χ0n) is 10.6. The molecule has 0 aliphatic rings. The number of alkyl halides is 3. The number of rotatable bonds is 5. The monoisotopic (exact) mass is 279 g/mol. The first kappa shape index (κ1) is 15.4. The average Bonchev–Trinajstić information content (AvgIpc) is 2.34. The fourth-order valence-electron chi connectivity index (χ4n) is 1.33. The number of anilines is 2. The van der Waals surface area contributed by atoms with Crippen molar-refractivity contribution in [3.8, 4) is 0 Å². The molecule has 0 amide bonds. The van der Waals surface area contributed by atoms with Crippen molar-refractivity contribution >= 4 is 11.8 Å². The van der Waals surface area contributed by atoms with Gasteiger partial charge in [0.25, 0.3) is 0 Å². The molecule has 1 atom stereocenters. The molecular formula is C10H16F3N5O. The normalized spacial score (nSPS) is 13.2. The Morgan fingerprint density at radius 3 is 2.58 bits per heavy atom. The van der Waals surface area contributed by atoms with Crippen molar-refractivity contribution < 1.29 is 18.3 Å². The lowest BCUT2D eigenvalue weighted by molar-refractivity contribution is -0.141. The fraction of sp³-hybridized carbons (Fsp3) is 0.600. The van der Waals surface area contributed by atoms with Crippen LogP contribution in [-0.2, 0) is 6.18 Å². The van der Waals surface area contributed by atoms with Gasteiger partial charge >= 0.3 is 6.18 Å². The van der Waals surface area contributed by atoms with Gasteiger partial charge in [0.05, 0.1) is 6.10 Å². The lowest BCUT2D eigenvalue weighted by Crippen LogP contribution is -2.25. The zero-order chi connectivity index (χ0) is 14.6. The maximum Gasteiger partial charge on any atom is 0.433 e. The first-order valence-electron chi connectivity index (χ1n) is 5.56. The van der Waals surface area contributed by atoms with E-state index in [1.54, 1.807) is 14.0 Å². The van der Waals surface area contributed by atoms with Crippen molar-refractivity contribution in [1.29, 1.82) is 0 Å². The third-order valence-corrected chi connectivity index (χ3v) is 2.41. The molecule has 1 unspecified atom stereocenters. The van der Waals surface area contributed by atoms with Gasteiger partial charge in [-0.1, -0.05) is 0 Å². The van der Waals surface area contributed by atoms with Crippen LogP contribution in [0.25, 0.3) is 0 Å². The number of nitrogens with zero attached hydrogens (tertiary/aromatic N) is 3. The second kappa shape index (κ2) is 6.02. The average molecular weight is 279 g/mol. The summed E-state index contributed by atoms with van der Waals surface area (Å²) in [5.74, 6) is 4.82. The molecule has 0 aliphatic carbocycles. The molecule has 0 spiro atoms. The zero-order valence-corrected chi connectivity index (χ0v) is 10.6. The van der Waals surface area contributed by atoms with Crippen LogP contribution in [0.5, 0.6) is 0 Å². The first-order valence-corrected chi connectivity index (χ1v) is 5.56. The Morgan fingerprint density at radius 2 is 2.11 bits per heavy atom. The van der Waals surface area contributed by atoms with Gasteiger partial charge in [0.1, 0.15) is 5.82 Å². The molecule has 0 saturated heterocycles. The summed E-state index contributed by atoms with van der Waals surface area (Å²) in [6.45, 7) is 1.96. The molecule has 0 radical (unpaired) electrons. The Labute approximate surface area is 108 Å². The van der Waals surface area contributed by atoms with E-state index in [1.807, 2.05) is 5.43 Å². The van der Waals surface area contributed by atoms with Crippen molar-refractivity contribution in [2.45, 2.75) is 25.6 Å². The third-order valence-electron chi connectivity index (χ3n) is 2.41. The van der Waals surface area contributed by atoms with Crippen LogP contribution in [0.1, 0.15) is 19.0 Å². The predicted molar refractivity (Wildman–Crippen MR) is 64.4 cm³/mol. The minimum absolute atomic E-state index is 0.0796. The Hall–Kier alpha value is -1.61. The molecule has 1 aromatic rings. The van der Waals surface area contributed by atoms with Crippen molar-refractivity contribution in [3.05, 3.63) is 11.8 Å². The van der Waals surface area contributed by atoms with Gasteiger partial charge in [-0.25, -0.2) is 10.8 Å². The van der Waals surface area contributed by atoms with Crippen LogP contribution in [0.4, 0.5) is 24.9 Å². The van der Waals surface area contributed by atoms with Crippen LogP contribution < -0.4 is 16.2 Å². The van der Waals surface area contributed by atoms with E-state index in [-0.39, 0.29) is 11.8 Å². The highest BCUT2D eigenvalue weighted by molar-refractivity contribution is 5.44. The summed E-state index contributed by atoms with van der Waals surface area (Å²) in [5.41, 5.74) is 0.927. The van der Waals surface area contributed by atoms with Crippen LogP contribution in [0.2, 0.25) is 0 Å². The molecule has 1 heterocycles. The van der Waals surface area contributed by atoms with E-state index in [1.165, 1.54) is 4.90 Å². The van der Waals surface area contributed by atoms with Gasteiger partial charge in [-0.15, -0.1) is 0 Å². The van der Waals surface area contributed by atoms with Crippen molar-refractivity contribution in [2.24, 2.45) is 5.84 Å². The Kier molecular flexibility index (Phi) is 4.90. The van der Waals surface area contributed by atoms with Crippen molar-refractivity contribution in [3.63, 3.8) is 0 Å². The lowest BCUT2D eigenvalue weighted by Gasteiger charge is -2.20. The molecule has 4 N–H and O–H groups in total. The largest absolute Gasteiger partial charge is 0.433 e. The second-order valence-electron chi connectivity index (χ2n) is 4.14. The van der Waals surface area contributed by atoms with E-state index in [9.17, 15) is 13.2 Å².